The van der Waals surface area contributed by atoms with Crippen LogP contribution >= 0.6 is 23.4 Å². The fraction of sp³-hybridized carbons (Fsp3) is 0.0870. The van der Waals surface area contributed by atoms with Crippen molar-refractivity contribution in [3.05, 3.63) is 101 Å². The smallest absolute Gasteiger partial charge is 0.231 e. The van der Waals surface area contributed by atoms with Crippen LogP contribution in [-0.4, -0.2) is 26.8 Å². The Morgan fingerprint density at radius 3 is 2.42 bits per heavy atom. The largest absolute Gasteiger partial charge is 0.344 e. The minimum atomic E-state index is -0.387. The molecule has 0 aliphatic heterocycles. The topological polar surface area (TPSA) is 70.7 Å². The molecule has 1 atom stereocenters. The number of carbonyl (C=O) groups excluding carboxylic acids is 1. The third kappa shape index (κ3) is 5.31. The van der Waals surface area contributed by atoms with E-state index >= 15 is 0 Å². The van der Waals surface area contributed by atoms with Gasteiger partial charge in [0.05, 0.1) is 17.4 Å². The van der Waals surface area contributed by atoms with Crippen molar-refractivity contribution >= 4 is 29.3 Å². The zero-order valence-electron chi connectivity index (χ0n) is 16.3. The summed E-state index contributed by atoms with van der Waals surface area (Å²) in [4.78, 5) is 17.0. The maximum absolute atomic E-state index is 13.9. The normalized spacial score (nSPS) is 11.8. The van der Waals surface area contributed by atoms with Gasteiger partial charge in [-0.3, -0.25) is 9.89 Å². The van der Waals surface area contributed by atoms with Gasteiger partial charge in [-0.05, 0) is 35.4 Å². The van der Waals surface area contributed by atoms with Crippen LogP contribution in [0.5, 0.6) is 0 Å². The number of aromatic nitrogens is 3. The Labute approximate surface area is 188 Å². The number of nitrogens with zero attached hydrogens (tertiary/aromatic N) is 2. The summed E-state index contributed by atoms with van der Waals surface area (Å²) in [5.41, 5.74) is 2.22. The van der Waals surface area contributed by atoms with Gasteiger partial charge < -0.3 is 5.32 Å². The molecule has 5 nitrogen and oxygen atoms in total. The van der Waals surface area contributed by atoms with Crippen LogP contribution in [0.4, 0.5) is 4.39 Å². The molecule has 1 aromatic heterocycles. The number of rotatable bonds is 7. The molecule has 4 aromatic rings. The van der Waals surface area contributed by atoms with Crippen molar-refractivity contribution in [2.45, 2.75) is 11.2 Å². The lowest BCUT2D eigenvalue weighted by molar-refractivity contribution is -0.119. The first-order chi connectivity index (χ1) is 15.1. The second-order valence-corrected chi connectivity index (χ2v) is 8.08. The minimum Gasteiger partial charge on any atom is -0.344 e. The highest BCUT2D eigenvalue weighted by Gasteiger charge is 2.18. The summed E-state index contributed by atoms with van der Waals surface area (Å²) in [5.74, 6) is -0.122. The number of aromatic amines is 1. The van der Waals surface area contributed by atoms with E-state index in [1.165, 1.54) is 17.8 Å². The molecule has 0 fully saturated rings. The summed E-state index contributed by atoms with van der Waals surface area (Å²) in [6.45, 7) is 0. The number of carbonyl (C=O) groups is 1. The number of hydrogen-bond acceptors (Lipinski definition) is 4. The summed E-state index contributed by atoms with van der Waals surface area (Å²) in [7, 11) is 0. The van der Waals surface area contributed by atoms with Crippen LogP contribution in [0.15, 0.2) is 84.0 Å². The molecule has 156 valence electrons. The molecular formula is C23H18ClFN4OS. The van der Waals surface area contributed by atoms with Crippen LogP contribution < -0.4 is 5.32 Å². The minimum absolute atomic E-state index is 0.117. The van der Waals surface area contributed by atoms with Crippen molar-refractivity contribution in [1.82, 2.24) is 20.5 Å². The van der Waals surface area contributed by atoms with Crippen LogP contribution in [-0.2, 0) is 4.79 Å². The van der Waals surface area contributed by atoms with Crippen LogP contribution in [0, 0.1) is 5.82 Å². The Morgan fingerprint density at radius 1 is 1.00 bits per heavy atom. The Bertz CT molecular complexity index is 1170. The predicted octanol–water partition coefficient (Wildman–Crippen LogP) is 5.26. The van der Waals surface area contributed by atoms with Crippen molar-refractivity contribution in [3.8, 4) is 11.4 Å². The van der Waals surface area contributed by atoms with Crippen molar-refractivity contribution in [2.75, 3.05) is 5.75 Å². The van der Waals surface area contributed by atoms with Crippen LogP contribution in [0.1, 0.15) is 17.2 Å². The number of amides is 1. The predicted molar refractivity (Wildman–Crippen MR) is 120 cm³/mol. The highest BCUT2D eigenvalue weighted by Crippen LogP contribution is 2.25. The standard InChI is InChI=1S/C23H18ClFN4OS/c24-17-12-10-16(11-13-17)21(15-6-2-1-3-7-15)26-20(30)14-31-23-27-22(28-29-23)18-8-4-5-9-19(18)25/h1-13,21H,14H2,(H,26,30)(H,27,28,29). The fourth-order valence-corrected chi connectivity index (χ4v) is 3.81. The molecule has 0 spiro atoms. The van der Waals surface area contributed by atoms with Crippen LogP contribution in [0.2, 0.25) is 5.02 Å². The number of hydrogen-bond donors (Lipinski definition) is 2. The summed E-state index contributed by atoms with van der Waals surface area (Å²) in [5, 5.41) is 10.9. The Hall–Kier alpha value is -3.16. The molecule has 0 radical (unpaired) electrons. The van der Waals surface area contributed by atoms with Gasteiger partial charge in [-0.25, -0.2) is 9.37 Å². The Balaban J connectivity index is 1.44. The van der Waals surface area contributed by atoms with Crippen LogP contribution in [0.3, 0.4) is 0 Å². The highest BCUT2D eigenvalue weighted by atomic mass is 35.5. The maximum Gasteiger partial charge on any atom is 0.231 e. The van der Waals surface area contributed by atoms with E-state index in [0.717, 1.165) is 11.1 Å². The van der Waals surface area contributed by atoms with E-state index in [1.807, 2.05) is 42.5 Å². The SMILES string of the molecule is O=C(CSc1n[nH]c(-c2ccccc2F)n1)NC(c1ccccc1)c1ccc(Cl)cc1. The molecule has 0 bridgehead atoms. The molecule has 0 saturated heterocycles. The Kier molecular flexibility index (Phi) is 6.64. The molecule has 2 N–H and O–H groups in total. The zero-order chi connectivity index (χ0) is 21.6. The average Bonchev–Trinajstić information content (AvgIpc) is 3.26. The second-order valence-electron chi connectivity index (χ2n) is 6.70. The van der Waals surface area contributed by atoms with Gasteiger partial charge in [0.1, 0.15) is 5.82 Å². The number of halogens is 2. The zero-order valence-corrected chi connectivity index (χ0v) is 17.8. The number of nitrogens with one attached hydrogen (secondary N) is 2. The van der Waals surface area contributed by atoms with E-state index in [2.05, 4.69) is 20.5 Å². The van der Waals surface area contributed by atoms with Crippen molar-refractivity contribution < 1.29 is 9.18 Å². The van der Waals surface area contributed by atoms with E-state index in [4.69, 9.17) is 11.6 Å². The average molecular weight is 453 g/mol. The van der Waals surface area contributed by atoms with Gasteiger partial charge >= 0.3 is 0 Å². The molecule has 0 aliphatic carbocycles. The van der Waals surface area contributed by atoms with Gasteiger partial charge in [0.2, 0.25) is 11.1 Å². The molecule has 31 heavy (non-hydrogen) atoms. The Morgan fingerprint density at radius 2 is 1.68 bits per heavy atom. The molecule has 1 heterocycles. The van der Waals surface area contributed by atoms with Crippen molar-refractivity contribution in [3.63, 3.8) is 0 Å². The molecule has 0 aliphatic rings. The number of benzene rings is 3. The lowest BCUT2D eigenvalue weighted by Gasteiger charge is -2.20. The summed E-state index contributed by atoms with van der Waals surface area (Å²) < 4.78 is 13.9. The third-order valence-electron chi connectivity index (χ3n) is 4.57. The molecule has 1 amide bonds. The van der Waals surface area contributed by atoms with E-state index in [0.29, 0.717) is 21.6 Å². The fourth-order valence-electron chi connectivity index (χ4n) is 3.08. The van der Waals surface area contributed by atoms with Crippen LogP contribution in [0.25, 0.3) is 11.4 Å². The first kappa shape index (κ1) is 21.1. The summed E-state index contributed by atoms with van der Waals surface area (Å²) in [6, 6.07) is 23.1. The number of thioether (sulfide) groups is 1. The highest BCUT2D eigenvalue weighted by molar-refractivity contribution is 7.99. The first-order valence-corrected chi connectivity index (χ1v) is 10.9. The monoisotopic (exact) mass is 452 g/mol. The lowest BCUT2D eigenvalue weighted by Crippen LogP contribution is -2.30. The quantitative estimate of drug-likeness (QED) is 0.375. The van der Waals surface area contributed by atoms with Gasteiger partial charge in [0.25, 0.3) is 0 Å². The first-order valence-electron chi connectivity index (χ1n) is 9.50. The van der Waals surface area contributed by atoms with Gasteiger partial charge in [0, 0.05) is 5.02 Å². The van der Waals surface area contributed by atoms with Gasteiger partial charge in [0.15, 0.2) is 5.82 Å². The van der Waals surface area contributed by atoms with Crippen molar-refractivity contribution in [2.24, 2.45) is 0 Å². The van der Waals surface area contributed by atoms with Crippen molar-refractivity contribution in [1.29, 1.82) is 0 Å². The molecule has 0 saturated carbocycles. The summed E-state index contributed by atoms with van der Waals surface area (Å²) >= 11 is 7.19. The molecule has 8 heteroatoms. The van der Waals surface area contributed by atoms with E-state index in [9.17, 15) is 9.18 Å². The van der Waals surface area contributed by atoms with E-state index in [-0.39, 0.29) is 23.5 Å². The maximum atomic E-state index is 13.9. The molecule has 1 unspecified atom stereocenters. The third-order valence-corrected chi connectivity index (χ3v) is 5.67. The second kappa shape index (κ2) is 9.76. The lowest BCUT2D eigenvalue weighted by atomic mass is 9.99. The van der Waals surface area contributed by atoms with Gasteiger partial charge in [-0.2, -0.15) is 0 Å². The van der Waals surface area contributed by atoms with Gasteiger partial charge in [-0.1, -0.05) is 78.0 Å². The number of H-pyrrole nitrogens is 1. The molecule has 3 aromatic carbocycles. The van der Waals surface area contributed by atoms with E-state index in [1.54, 1.807) is 30.3 Å². The van der Waals surface area contributed by atoms with E-state index < -0.39 is 0 Å². The van der Waals surface area contributed by atoms with Gasteiger partial charge in [-0.15, -0.1) is 5.10 Å². The molecule has 4 rings (SSSR count). The molecular weight excluding hydrogens is 435 g/mol. The summed E-state index contributed by atoms with van der Waals surface area (Å²) in [6.07, 6.45) is 0.